The molecule has 1 saturated carbocycles. The summed E-state index contributed by atoms with van der Waals surface area (Å²) in [6.07, 6.45) is 6.53. The van der Waals surface area contributed by atoms with Crippen LogP contribution in [-0.4, -0.2) is 22.4 Å². The lowest BCUT2D eigenvalue weighted by Gasteiger charge is -2.31. The van der Waals surface area contributed by atoms with Gasteiger partial charge in [0.2, 0.25) is 0 Å². The number of hydrazone groups is 1. The molecule has 1 aromatic heterocycles. The molecule has 0 radical (unpaired) electrons. The first-order valence-electron chi connectivity index (χ1n) is 7.30. The average molecular weight is 329 g/mol. The maximum absolute atomic E-state index is 11.9. The third-order valence-corrected chi connectivity index (χ3v) is 6.27. The van der Waals surface area contributed by atoms with Gasteiger partial charge in [-0.25, -0.2) is 10.4 Å². The first kappa shape index (κ1) is 14.0. The Kier molecular flexibility index (Phi) is 3.72. The molecular formula is C16H15N3OS2. The maximum Gasteiger partial charge on any atom is 0.250 e. The Bertz CT molecular complexity index is 748. The van der Waals surface area contributed by atoms with E-state index in [1.165, 1.54) is 11.8 Å². The first-order chi connectivity index (χ1) is 10.8. The Morgan fingerprint density at radius 1 is 1.45 bits per heavy atom. The van der Waals surface area contributed by atoms with Crippen LogP contribution in [-0.2, 0) is 4.79 Å². The number of para-hydroxylation sites is 1. The molecule has 1 fully saturated rings. The lowest BCUT2D eigenvalue weighted by atomic mass is 9.74. The normalized spacial score (nSPS) is 24.5. The van der Waals surface area contributed by atoms with Gasteiger partial charge in [-0.3, -0.25) is 4.79 Å². The maximum atomic E-state index is 11.9. The predicted molar refractivity (Wildman–Crippen MR) is 91.3 cm³/mol. The number of carbonyl (C=O) groups is 1. The Morgan fingerprint density at radius 2 is 2.36 bits per heavy atom. The number of carbonyl (C=O) groups excluding carboxylic acids is 1. The van der Waals surface area contributed by atoms with E-state index in [4.69, 9.17) is 0 Å². The molecular weight excluding hydrogens is 314 g/mol. The van der Waals surface area contributed by atoms with Crippen LogP contribution < -0.4 is 5.43 Å². The van der Waals surface area contributed by atoms with Crippen LogP contribution in [0.25, 0.3) is 10.2 Å². The minimum Gasteiger partial charge on any atom is -0.272 e. The fourth-order valence-electron chi connectivity index (χ4n) is 2.87. The monoisotopic (exact) mass is 329 g/mol. The minimum absolute atomic E-state index is 0.0637. The van der Waals surface area contributed by atoms with Crippen molar-refractivity contribution < 1.29 is 4.79 Å². The van der Waals surface area contributed by atoms with Crippen LogP contribution in [0.4, 0.5) is 0 Å². The predicted octanol–water partition coefficient (Wildman–Crippen LogP) is 3.46. The van der Waals surface area contributed by atoms with Crippen molar-refractivity contribution in [1.82, 2.24) is 10.4 Å². The second-order valence-corrected chi connectivity index (χ2v) is 7.77. The molecule has 112 valence electrons. The number of nitrogens with zero attached hydrogens (tertiary/aromatic N) is 2. The van der Waals surface area contributed by atoms with Crippen LogP contribution in [0, 0.1) is 11.8 Å². The highest BCUT2D eigenvalue weighted by atomic mass is 32.2. The summed E-state index contributed by atoms with van der Waals surface area (Å²) in [6.45, 7) is 0. The van der Waals surface area contributed by atoms with E-state index in [9.17, 15) is 4.79 Å². The molecule has 0 unspecified atom stereocenters. The fourth-order valence-corrected chi connectivity index (χ4v) is 4.73. The molecule has 1 heterocycles. The third kappa shape index (κ3) is 2.68. The van der Waals surface area contributed by atoms with Gasteiger partial charge in [-0.15, -0.1) is 11.3 Å². The van der Waals surface area contributed by atoms with Crippen LogP contribution in [0.1, 0.15) is 12.8 Å². The van der Waals surface area contributed by atoms with Crippen molar-refractivity contribution in [3.8, 4) is 0 Å². The van der Waals surface area contributed by atoms with E-state index in [1.807, 2.05) is 24.3 Å². The molecule has 0 spiro atoms. The molecule has 1 aromatic carbocycles. The minimum atomic E-state index is -0.0637. The topological polar surface area (TPSA) is 54.4 Å². The average Bonchev–Trinajstić information content (AvgIpc) is 3.09. The number of allylic oxidation sites excluding steroid dienone is 2. The van der Waals surface area contributed by atoms with Gasteiger partial charge in [-0.2, -0.15) is 5.10 Å². The molecule has 0 saturated heterocycles. The number of thioether (sulfide) groups is 1. The van der Waals surface area contributed by atoms with Gasteiger partial charge in [-0.1, -0.05) is 36.0 Å². The van der Waals surface area contributed by atoms with Crippen LogP contribution in [0.2, 0.25) is 0 Å². The van der Waals surface area contributed by atoms with E-state index in [-0.39, 0.29) is 5.91 Å². The van der Waals surface area contributed by atoms with Crippen molar-refractivity contribution in [2.45, 2.75) is 17.2 Å². The molecule has 0 bridgehead atoms. The SMILES string of the molecule is O=C(CSc1nc2ccccc2s1)N/N=C1/C[C@@H]2C=CC[C@H]12. The highest BCUT2D eigenvalue weighted by molar-refractivity contribution is 8.01. The zero-order chi connectivity index (χ0) is 14.9. The van der Waals surface area contributed by atoms with Crippen LogP contribution >= 0.6 is 23.1 Å². The Balaban J connectivity index is 1.30. The summed E-state index contributed by atoms with van der Waals surface area (Å²) < 4.78 is 2.08. The van der Waals surface area contributed by atoms with Crippen molar-refractivity contribution in [2.24, 2.45) is 16.9 Å². The molecule has 1 amide bonds. The molecule has 2 aliphatic rings. The molecule has 4 nitrogen and oxygen atoms in total. The summed E-state index contributed by atoms with van der Waals surface area (Å²) in [6, 6.07) is 8.01. The van der Waals surface area contributed by atoms with Gasteiger partial charge in [0.1, 0.15) is 0 Å². The van der Waals surface area contributed by atoms with E-state index in [0.717, 1.165) is 33.1 Å². The van der Waals surface area contributed by atoms with Gasteiger partial charge < -0.3 is 0 Å². The van der Waals surface area contributed by atoms with E-state index < -0.39 is 0 Å². The van der Waals surface area contributed by atoms with E-state index >= 15 is 0 Å². The molecule has 0 aliphatic heterocycles. The standard InChI is InChI=1S/C16H15N3OS2/c20-15(19-18-13-8-10-4-3-5-11(10)13)9-21-16-17-12-6-1-2-7-14(12)22-16/h1-4,6-7,10-11H,5,8-9H2,(H,19,20)/b18-13-/t10-,11-/m0/s1. The quantitative estimate of drug-likeness (QED) is 0.531. The zero-order valence-electron chi connectivity index (χ0n) is 11.9. The second kappa shape index (κ2) is 5.85. The molecule has 4 rings (SSSR count). The smallest absolute Gasteiger partial charge is 0.250 e. The van der Waals surface area contributed by atoms with Crippen LogP contribution in [0.5, 0.6) is 0 Å². The number of rotatable bonds is 4. The number of nitrogens with one attached hydrogen (secondary N) is 1. The molecule has 2 aliphatic carbocycles. The molecule has 6 heteroatoms. The van der Waals surface area contributed by atoms with E-state index in [2.05, 4.69) is 27.7 Å². The number of amides is 1. The lowest BCUT2D eigenvalue weighted by Crippen LogP contribution is -2.35. The van der Waals surface area contributed by atoms with Gasteiger partial charge in [-0.05, 0) is 30.9 Å². The van der Waals surface area contributed by atoms with Crippen LogP contribution in [0.3, 0.4) is 0 Å². The van der Waals surface area contributed by atoms with Gasteiger partial charge in [0.15, 0.2) is 4.34 Å². The zero-order valence-corrected chi connectivity index (χ0v) is 13.5. The summed E-state index contributed by atoms with van der Waals surface area (Å²) >= 11 is 3.08. The summed E-state index contributed by atoms with van der Waals surface area (Å²) in [7, 11) is 0. The van der Waals surface area contributed by atoms with Crippen molar-refractivity contribution >= 4 is 44.9 Å². The summed E-state index contributed by atoms with van der Waals surface area (Å²) in [5, 5.41) is 4.27. The van der Waals surface area contributed by atoms with Crippen molar-refractivity contribution in [2.75, 3.05) is 5.75 Å². The number of hydrogen-bond donors (Lipinski definition) is 1. The van der Waals surface area contributed by atoms with Gasteiger partial charge >= 0.3 is 0 Å². The Labute approximate surface area is 136 Å². The van der Waals surface area contributed by atoms with Crippen molar-refractivity contribution in [1.29, 1.82) is 0 Å². The van der Waals surface area contributed by atoms with Crippen molar-refractivity contribution in [3.05, 3.63) is 36.4 Å². The van der Waals surface area contributed by atoms with Gasteiger partial charge in [0.05, 0.1) is 16.0 Å². The largest absolute Gasteiger partial charge is 0.272 e. The number of fused-ring (bicyclic) bond motifs is 2. The Hall–Kier alpha value is -1.66. The van der Waals surface area contributed by atoms with Crippen molar-refractivity contribution in [3.63, 3.8) is 0 Å². The van der Waals surface area contributed by atoms with Crippen LogP contribution in [0.15, 0.2) is 45.9 Å². The number of aromatic nitrogens is 1. The number of benzene rings is 1. The first-order valence-corrected chi connectivity index (χ1v) is 9.10. The fraction of sp³-hybridized carbons (Fsp3) is 0.312. The third-order valence-electron chi connectivity index (χ3n) is 4.09. The van der Waals surface area contributed by atoms with Gasteiger partial charge in [0.25, 0.3) is 5.91 Å². The summed E-state index contributed by atoms with van der Waals surface area (Å²) in [5.41, 5.74) is 4.80. The highest BCUT2D eigenvalue weighted by Crippen LogP contribution is 2.40. The molecule has 22 heavy (non-hydrogen) atoms. The molecule has 1 N–H and O–H groups in total. The highest BCUT2D eigenvalue weighted by Gasteiger charge is 2.37. The molecule has 2 atom stereocenters. The second-order valence-electron chi connectivity index (χ2n) is 5.51. The number of hydrogen-bond acceptors (Lipinski definition) is 5. The van der Waals surface area contributed by atoms with Gasteiger partial charge in [0, 0.05) is 11.6 Å². The van der Waals surface area contributed by atoms with E-state index in [1.54, 1.807) is 11.3 Å². The summed E-state index contributed by atoms with van der Waals surface area (Å²) in [5.74, 6) is 1.49. The van der Waals surface area contributed by atoms with E-state index in [0.29, 0.717) is 17.6 Å². The molecule has 2 aromatic rings. The summed E-state index contributed by atoms with van der Waals surface area (Å²) in [4.78, 5) is 16.4. The lowest BCUT2D eigenvalue weighted by molar-refractivity contribution is -0.118. The number of thiazole rings is 1. The Morgan fingerprint density at radius 3 is 3.23 bits per heavy atom.